The van der Waals surface area contributed by atoms with Crippen molar-refractivity contribution >= 4 is 74.8 Å². The number of carbonyl (C=O) groups excluding carboxylic acids is 2. The van der Waals surface area contributed by atoms with Gasteiger partial charge in [0.05, 0.1) is 0 Å². The summed E-state index contributed by atoms with van der Waals surface area (Å²) in [4.78, 5) is 48.7. The van der Waals surface area contributed by atoms with Crippen molar-refractivity contribution in [1.29, 1.82) is 0 Å². The fourth-order valence-corrected chi connectivity index (χ4v) is 6.98. The van der Waals surface area contributed by atoms with Crippen LogP contribution in [0.2, 0.25) is 0 Å². The fraction of sp³-hybridized carbons (Fsp3) is 0.263. The molecule has 4 N–H and O–H groups in total. The Bertz CT molecular complexity index is 1370. The fourth-order valence-electron chi connectivity index (χ4n) is 3.45. The average molecular weight is 581 g/mol. The molecule has 2 amide bonds. The number of aliphatic carboxylic acids is 1. The summed E-state index contributed by atoms with van der Waals surface area (Å²) >= 11 is 5.17. The molecule has 1 unspecified atom stereocenters. The maximum atomic E-state index is 13.1. The van der Waals surface area contributed by atoms with Crippen LogP contribution in [0.1, 0.15) is 11.4 Å². The lowest BCUT2D eigenvalue weighted by Gasteiger charge is -2.49. The third kappa shape index (κ3) is 5.31. The third-order valence-corrected chi connectivity index (χ3v) is 9.05. The maximum Gasteiger partial charge on any atom is 0.352 e. The Kier molecular flexibility index (Phi) is 7.40. The first-order chi connectivity index (χ1) is 17.9. The topological polar surface area (TPSA) is 199 Å². The predicted octanol–water partition coefficient (Wildman–Crippen LogP) is 1.02. The van der Waals surface area contributed by atoms with Crippen LogP contribution in [0.5, 0.6) is 0 Å². The van der Waals surface area contributed by atoms with Gasteiger partial charge in [-0.05, 0) is 5.57 Å². The highest BCUT2D eigenvalue weighted by Gasteiger charge is 2.54. The van der Waals surface area contributed by atoms with E-state index in [1.807, 2.05) is 0 Å². The van der Waals surface area contributed by atoms with Gasteiger partial charge in [0.2, 0.25) is 0 Å². The minimum Gasteiger partial charge on any atom is -0.477 e. The third-order valence-electron chi connectivity index (χ3n) is 5.09. The molecule has 0 aromatic carbocycles. The van der Waals surface area contributed by atoms with E-state index >= 15 is 0 Å². The summed E-state index contributed by atoms with van der Waals surface area (Å²) in [5, 5.41) is 28.9. The molecule has 18 heteroatoms. The number of aromatic nitrogens is 4. The number of carboxylic acid groups (broad SMARTS) is 1. The monoisotopic (exact) mass is 580 g/mol. The smallest absolute Gasteiger partial charge is 0.352 e. The van der Waals surface area contributed by atoms with Crippen molar-refractivity contribution in [3.63, 3.8) is 0 Å². The zero-order chi connectivity index (χ0) is 25.9. The van der Waals surface area contributed by atoms with Gasteiger partial charge in [-0.2, -0.15) is 0 Å². The van der Waals surface area contributed by atoms with Gasteiger partial charge in [0.15, 0.2) is 21.8 Å². The van der Waals surface area contributed by atoms with Crippen LogP contribution in [0.3, 0.4) is 0 Å². The summed E-state index contributed by atoms with van der Waals surface area (Å²) < 4.78 is 5.43. The summed E-state index contributed by atoms with van der Waals surface area (Å²) in [6.07, 6.45) is 1.37. The van der Waals surface area contributed by atoms with Gasteiger partial charge in [-0.15, -0.1) is 33.3 Å². The molecule has 5 rings (SSSR count). The molecule has 0 saturated carbocycles. The minimum absolute atomic E-state index is 0.0634. The number of thioether (sulfide) groups is 2. The second kappa shape index (κ2) is 10.9. The number of nitrogen functional groups attached to an aromatic ring is 1. The molecule has 192 valence electrons. The number of hydrogen-bond acceptors (Lipinski definition) is 15. The number of thiazole rings is 1. The van der Waals surface area contributed by atoms with Gasteiger partial charge in [-0.1, -0.05) is 33.4 Å². The Morgan fingerprint density at radius 1 is 1.41 bits per heavy atom. The number of fused-ring (bicyclic) bond motifs is 1. The van der Waals surface area contributed by atoms with Crippen molar-refractivity contribution in [2.45, 2.75) is 22.4 Å². The molecular weight excluding hydrogens is 565 g/mol. The van der Waals surface area contributed by atoms with Crippen molar-refractivity contribution in [1.82, 2.24) is 30.6 Å². The van der Waals surface area contributed by atoms with Gasteiger partial charge < -0.3 is 25.5 Å². The van der Waals surface area contributed by atoms with Gasteiger partial charge in [0.25, 0.3) is 11.8 Å². The number of nitrogens with zero attached hydrogens (tertiary/aromatic N) is 6. The summed E-state index contributed by atoms with van der Waals surface area (Å²) in [6.45, 7) is -0.0634. The minimum atomic E-state index is -1.21. The number of carboxylic acids is 1. The molecule has 0 radical (unpaired) electrons. The van der Waals surface area contributed by atoms with Crippen LogP contribution in [-0.2, 0) is 25.8 Å². The van der Waals surface area contributed by atoms with E-state index in [2.05, 4.69) is 30.8 Å². The number of rotatable bonds is 10. The molecule has 3 aromatic heterocycles. The van der Waals surface area contributed by atoms with E-state index < -0.39 is 29.2 Å². The number of oxime groups is 1. The van der Waals surface area contributed by atoms with Crippen molar-refractivity contribution in [3.8, 4) is 0 Å². The maximum absolute atomic E-state index is 13.1. The van der Waals surface area contributed by atoms with Crippen LogP contribution in [0, 0.1) is 0 Å². The Morgan fingerprint density at radius 2 is 2.27 bits per heavy atom. The molecule has 0 aliphatic carbocycles. The first-order valence-corrected chi connectivity index (χ1v) is 14.1. The molecule has 37 heavy (non-hydrogen) atoms. The van der Waals surface area contributed by atoms with E-state index in [0.29, 0.717) is 27.1 Å². The predicted molar refractivity (Wildman–Crippen MR) is 135 cm³/mol. The first-order valence-electron chi connectivity index (χ1n) is 10.3. The van der Waals surface area contributed by atoms with Crippen LogP contribution >= 0.6 is 46.2 Å². The number of anilines is 1. The summed E-state index contributed by atoms with van der Waals surface area (Å²) in [5.74, 6) is -1.75. The molecule has 1 saturated heterocycles. The van der Waals surface area contributed by atoms with Gasteiger partial charge in [-0.25, -0.2) is 9.78 Å². The first kappa shape index (κ1) is 25.2. The van der Waals surface area contributed by atoms with Crippen molar-refractivity contribution in [2.75, 3.05) is 17.2 Å². The lowest BCUT2D eigenvalue weighted by atomic mass is 10.0. The van der Waals surface area contributed by atoms with Gasteiger partial charge >= 0.3 is 5.97 Å². The Hall–Kier alpha value is -3.48. The standard InChI is InChI=1S/C19H16N8O6S4/c20-18-22-10(6-35-18)11(26-33-3-9-1-2-32-25-9)14(28)23-12-15(29)27-13(17(30)31)8(4-34-16(12)27)5-36-19-24-21-7-37-19/h1-2,6-7,12,16H,3-5H2,(H2,20,22)(H,23,28)(H,30,31)/t12?,16-/m0/s1. The van der Waals surface area contributed by atoms with Crippen LogP contribution in [-0.4, -0.2) is 76.8 Å². The van der Waals surface area contributed by atoms with Gasteiger partial charge in [0, 0.05) is 23.0 Å². The van der Waals surface area contributed by atoms with E-state index in [1.165, 1.54) is 51.4 Å². The quantitative estimate of drug-likeness (QED) is 0.133. The van der Waals surface area contributed by atoms with E-state index in [1.54, 1.807) is 11.6 Å². The number of nitrogens with two attached hydrogens (primary N) is 1. The van der Waals surface area contributed by atoms with E-state index in [-0.39, 0.29) is 28.8 Å². The highest BCUT2D eigenvalue weighted by molar-refractivity contribution is 8.01. The number of amides is 2. The molecule has 2 aliphatic rings. The Balaban J connectivity index is 1.30. The highest BCUT2D eigenvalue weighted by atomic mass is 32.2. The van der Waals surface area contributed by atoms with Gasteiger partial charge in [0.1, 0.15) is 40.3 Å². The normalized spacial score (nSPS) is 19.4. The van der Waals surface area contributed by atoms with E-state index in [0.717, 1.165) is 11.3 Å². The second-order valence-corrected chi connectivity index (χ2v) is 11.4. The van der Waals surface area contributed by atoms with E-state index in [9.17, 15) is 19.5 Å². The summed E-state index contributed by atoms with van der Waals surface area (Å²) in [7, 11) is 0. The lowest BCUT2D eigenvalue weighted by Crippen LogP contribution is -2.71. The molecule has 2 atom stereocenters. The lowest BCUT2D eigenvalue weighted by molar-refractivity contribution is -0.150. The van der Waals surface area contributed by atoms with Crippen molar-refractivity contribution in [3.05, 3.63) is 45.9 Å². The van der Waals surface area contributed by atoms with Crippen molar-refractivity contribution < 1.29 is 28.9 Å². The molecular formula is C19H16N8O6S4. The SMILES string of the molecule is Nc1nc(C(=NOCc2ccon2)C(=O)NC2C(=O)N3C(C(=O)O)=C(CSc4nncs4)CS[C@@H]23)cs1. The highest BCUT2D eigenvalue weighted by Crippen LogP contribution is 2.41. The molecule has 3 aromatic rings. The van der Waals surface area contributed by atoms with Crippen molar-refractivity contribution in [2.24, 2.45) is 5.16 Å². The molecule has 0 spiro atoms. The number of β-lactam (4-membered cyclic amide) rings is 1. The molecule has 14 nitrogen and oxygen atoms in total. The van der Waals surface area contributed by atoms with Crippen LogP contribution in [0.25, 0.3) is 0 Å². The van der Waals surface area contributed by atoms with E-state index in [4.69, 9.17) is 15.1 Å². The number of carbonyl (C=O) groups is 3. The number of nitrogens with one attached hydrogen (secondary N) is 1. The zero-order valence-electron chi connectivity index (χ0n) is 18.5. The number of hydrogen-bond donors (Lipinski definition) is 3. The largest absolute Gasteiger partial charge is 0.477 e. The van der Waals surface area contributed by atoms with Crippen LogP contribution in [0.15, 0.2) is 48.5 Å². The molecule has 0 bridgehead atoms. The average Bonchev–Trinajstić information content (AvgIpc) is 3.67. The zero-order valence-corrected chi connectivity index (χ0v) is 21.7. The van der Waals surface area contributed by atoms with Crippen LogP contribution < -0.4 is 11.1 Å². The molecule has 1 fully saturated rings. The van der Waals surface area contributed by atoms with Crippen LogP contribution in [0.4, 0.5) is 5.13 Å². The summed E-state index contributed by atoms with van der Waals surface area (Å²) in [5.41, 5.74) is 8.25. The Morgan fingerprint density at radius 3 is 2.95 bits per heavy atom. The Labute approximate surface area is 224 Å². The molecule has 2 aliphatic heterocycles. The second-order valence-electron chi connectivity index (χ2n) is 7.39. The van der Waals surface area contributed by atoms with Gasteiger partial charge in [-0.3, -0.25) is 14.5 Å². The molecule has 5 heterocycles. The summed E-state index contributed by atoms with van der Waals surface area (Å²) in [6, 6.07) is 0.618.